The molecule has 0 spiro atoms. The molecule has 3 rings (SSSR count). The van der Waals surface area contributed by atoms with Gasteiger partial charge < -0.3 is 15.2 Å². The minimum Gasteiger partial charge on any atom is -0.352 e. The molecule has 0 bridgehead atoms. The molecule has 1 aromatic heterocycles. The molecule has 144 valence electrons. The van der Waals surface area contributed by atoms with Crippen molar-refractivity contribution in [1.82, 2.24) is 20.1 Å². The third-order valence-corrected chi connectivity index (χ3v) is 4.99. The van der Waals surface area contributed by atoms with Gasteiger partial charge in [0.05, 0.1) is 5.75 Å². The number of hydrogen-bond acceptors (Lipinski definition) is 5. The van der Waals surface area contributed by atoms with Gasteiger partial charge in [0.25, 0.3) is 5.91 Å². The van der Waals surface area contributed by atoms with E-state index >= 15 is 0 Å². The molecule has 7 nitrogen and oxygen atoms in total. The van der Waals surface area contributed by atoms with Crippen molar-refractivity contribution in [2.24, 2.45) is 7.05 Å². The van der Waals surface area contributed by atoms with Crippen LogP contribution in [0.1, 0.15) is 15.9 Å². The first-order valence-electron chi connectivity index (χ1n) is 8.80. The molecule has 1 heterocycles. The molecule has 3 aromatic rings. The predicted octanol–water partition coefficient (Wildman–Crippen LogP) is 2.52. The summed E-state index contributed by atoms with van der Waals surface area (Å²) in [7, 11) is 1.82. The van der Waals surface area contributed by atoms with Crippen LogP contribution in [-0.2, 0) is 18.3 Å². The Balaban J connectivity index is 1.49. The van der Waals surface area contributed by atoms with E-state index in [1.165, 1.54) is 17.3 Å². The SMILES string of the molecule is Cn1cnnc1SCC(=O)Nc1cccc(C(=O)NCCc2ccccc2)c1. The number of aryl methyl sites for hydroxylation is 1. The molecule has 0 saturated heterocycles. The third kappa shape index (κ3) is 5.68. The number of nitrogens with zero attached hydrogens (tertiary/aromatic N) is 3. The lowest BCUT2D eigenvalue weighted by Gasteiger charge is -2.08. The summed E-state index contributed by atoms with van der Waals surface area (Å²) < 4.78 is 1.75. The molecule has 0 aliphatic carbocycles. The first-order valence-corrected chi connectivity index (χ1v) is 9.79. The Morgan fingerprint density at radius 2 is 1.93 bits per heavy atom. The van der Waals surface area contributed by atoms with Crippen LogP contribution < -0.4 is 10.6 Å². The monoisotopic (exact) mass is 395 g/mol. The fraction of sp³-hybridized carbons (Fsp3) is 0.200. The average molecular weight is 395 g/mol. The summed E-state index contributed by atoms with van der Waals surface area (Å²) in [6.45, 7) is 0.549. The van der Waals surface area contributed by atoms with Gasteiger partial charge in [0.1, 0.15) is 6.33 Å². The highest BCUT2D eigenvalue weighted by atomic mass is 32.2. The smallest absolute Gasteiger partial charge is 0.251 e. The molecule has 2 N–H and O–H groups in total. The minimum absolute atomic E-state index is 0.166. The number of benzene rings is 2. The van der Waals surface area contributed by atoms with E-state index in [0.717, 1.165) is 6.42 Å². The van der Waals surface area contributed by atoms with Crippen LogP contribution in [0.4, 0.5) is 5.69 Å². The summed E-state index contributed by atoms with van der Waals surface area (Å²) in [6.07, 6.45) is 2.35. The van der Waals surface area contributed by atoms with Crippen LogP contribution in [-0.4, -0.2) is 38.9 Å². The maximum Gasteiger partial charge on any atom is 0.251 e. The largest absolute Gasteiger partial charge is 0.352 e. The lowest BCUT2D eigenvalue weighted by atomic mass is 10.1. The number of amides is 2. The topological polar surface area (TPSA) is 88.9 Å². The Morgan fingerprint density at radius 1 is 1.11 bits per heavy atom. The molecular weight excluding hydrogens is 374 g/mol. The molecular formula is C20H21N5O2S. The third-order valence-electron chi connectivity index (χ3n) is 3.95. The van der Waals surface area contributed by atoms with Gasteiger partial charge in [-0.15, -0.1) is 10.2 Å². The summed E-state index contributed by atoms with van der Waals surface area (Å²) in [4.78, 5) is 24.5. The van der Waals surface area contributed by atoms with Crippen molar-refractivity contribution in [1.29, 1.82) is 0 Å². The normalized spacial score (nSPS) is 10.5. The van der Waals surface area contributed by atoms with Crippen LogP contribution >= 0.6 is 11.8 Å². The standard InChI is InChI=1S/C20H21N5O2S/c1-25-14-22-24-20(25)28-13-18(26)23-17-9-5-8-16(12-17)19(27)21-11-10-15-6-3-2-4-7-15/h2-9,12,14H,10-11,13H2,1H3,(H,21,27)(H,23,26). The van der Waals surface area contributed by atoms with Crippen LogP contribution in [0.5, 0.6) is 0 Å². The second kappa shape index (κ2) is 9.70. The first kappa shape index (κ1) is 19.6. The highest BCUT2D eigenvalue weighted by Crippen LogP contribution is 2.15. The van der Waals surface area contributed by atoms with Gasteiger partial charge in [-0.1, -0.05) is 48.2 Å². The van der Waals surface area contributed by atoms with Gasteiger partial charge in [-0.05, 0) is 30.2 Å². The molecule has 0 fully saturated rings. The van der Waals surface area contributed by atoms with Crippen LogP contribution in [0.2, 0.25) is 0 Å². The van der Waals surface area contributed by atoms with Crippen molar-refractivity contribution < 1.29 is 9.59 Å². The molecule has 0 unspecified atom stereocenters. The Kier molecular flexibility index (Phi) is 6.80. The van der Waals surface area contributed by atoms with Gasteiger partial charge in [0.2, 0.25) is 5.91 Å². The van der Waals surface area contributed by atoms with Crippen molar-refractivity contribution >= 4 is 29.3 Å². The molecule has 8 heteroatoms. The number of hydrogen-bond donors (Lipinski definition) is 2. The first-order chi connectivity index (χ1) is 13.6. The van der Waals surface area contributed by atoms with Crippen molar-refractivity contribution in [2.45, 2.75) is 11.6 Å². The summed E-state index contributed by atoms with van der Waals surface area (Å²) in [5.41, 5.74) is 2.26. The van der Waals surface area contributed by atoms with E-state index in [2.05, 4.69) is 20.8 Å². The lowest BCUT2D eigenvalue weighted by molar-refractivity contribution is -0.113. The van der Waals surface area contributed by atoms with Gasteiger partial charge in [-0.3, -0.25) is 9.59 Å². The summed E-state index contributed by atoms with van der Waals surface area (Å²) in [5.74, 6) is -0.129. The van der Waals surface area contributed by atoms with Crippen molar-refractivity contribution in [2.75, 3.05) is 17.6 Å². The Labute approximate surface area is 167 Å². The fourth-order valence-electron chi connectivity index (χ4n) is 2.54. The number of carbonyl (C=O) groups excluding carboxylic acids is 2. The number of thioether (sulfide) groups is 1. The molecule has 0 saturated carbocycles. The molecule has 2 amide bonds. The Hall–Kier alpha value is -3.13. The average Bonchev–Trinajstić information content (AvgIpc) is 3.12. The Bertz CT molecular complexity index is 943. The zero-order valence-corrected chi connectivity index (χ0v) is 16.3. The molecule has 0 radical (unpaired) electrons. The zero-order valence-electron chi connectivity index (χ0n) is 15.5. The van der Waals surface area contributed by atoms with Crippen molar-refractivity contribution in [3.05, 3.63) is 72.1 Å². The predicted molar refractivity (Wildman–Crippen MR) is 109 cm³/mol. The number of aromatic nitrogens is 3. The number of carbonyl (C=O) groups is 2. The van der Waals surface area contributed by atoms with E-state index < -0.39 is 0 Å². The fourth-order valence-corrected chi connectivity index (χ4v) is 3.22. The molecule has 0 aliphatic rings. The number of anilines is 1. The van der Waals surface area contributed by atoms with Crippen LogP contribution in [0.3, 0.4) is 0 Å². The van der Waals surface area contributed by atoms with Gasteiger partial charge >= 0.3 is 0 Å². The number of rotatable bonds is 8. The zero-order chi connectivity index (χ0) is 19.8. The maximum absolute atomic E-state index is 12.3. The van der Waals surface area contributed by atoms with Crippen LogP contribution in [0, 0.1) is 0 Å². The van der Waals surface area contributed by atoms with E-state index in [0.29, 0.717) is 23.0 Å². The van der Waals surface area contributed by atoms with Crippen molar-refractivity contribution in [3.63, 3.8) is 0 Å². The highest BCUT2D eigenvalue weighted by Gasteiger charge is 2.10. The summed E-state index contributed by atoms with van der Waals surface area (Å²) in [6, 6.07) is 16.9. The van der Waals surface area contributed by atoms with E-state index in [9.17, 15) is 9.59 Å². The van der Waals surface area contributed by atoms with Gasteiger partial charge in [-0.2, -0.15) is 0 Å². The van der Waals surface area contributed by atoms with Crippen molar-refractivity contribution in [3.8, 4) is 0 Å². The second-order valence-electron chi connectivity index (χ2n) is 6.13. The minimum atomic E-state index is -0.172. The van der Waals surface area contributed by atoms with E-state index in [1.54, 1.807) is 35.2 Å². The van der Waals surface area contributed by atoms with Gasteiger partial charge in [0, 0.05) is 24.8 Å². The quantitative estimate of drug-likeness (QED) is 0.572. The molecule has 0 atom stereocenters. The van der Waals surface area contributed by atoms with E-state index in [4.69, 9.17) is 0 Å². The number of nitrogens with one attached hydrogen (secondary N) is 2. The van der Waals surface area contributed by atoms with E-state index in [-0.39, 0.29) is 17.6 Å². The van der Waals surface area contributed by atoms with Gasteiger partial charge in [-0.25, -0.2) is 0 Å². The molecule has 0 aliphatic heterocycles. The molecule has 28 heavy (non-hydrogen) atoms. The Morgan fingerprint density at radius 3 is 2.68 bits per heavy atom. The lowest BCUT2D eigenvalue weighted by Crippen LogP contribution is -2.25. The van der Waals surface area contributed by atoms with Gasteiger partial charge in [0.15, 0.2) is 5.16 Å². The van der Waals surface area contributed by atoms with E-state index in [1.807, 2.05) is 37.4 Å². The summed E-state index contributed by atoms with van der Waals surface area (Å²) >= 11 is 1.30. The second-order valence-corrected chi connectivity index (χ2v) is 7.08. The highest BCUT2D eigenvalue weighted by molar-refractivity contribution is 7.99. The van der Waals surface area contributed by atoms with Crippen LogP contribution in [0.15, 0.2) is 66.1 Å². The summed E-state index contributed by atoms with van der Waals surface area (Å²) in [5, 5.41) is 14.1. The maximum atomic E-state index is 12.3. The van der Waals surface area contributed by atoms with Crippen LogP contribution in [0.25, 0.3) is 0 Å². The molecule has 2 aromatic carbocycles.